The number of nitrogens with zero attached hydrogens (tertiary/aromatic N) is 1. The van der Waals surface area contributed by atoms with Crippen molar-refractivity contribution in [3.05, 3.63) is 58.5 Å². The first-order valence-electron chi connectivity index (χ1n) is 6.06. The Labute approximate surface area is 119 Å². The number of rotatable bonds is 3. The van der Waals surface area contributed by atoms with Crippen LogP contribution in [0.1, 0.15) is 11.3 Å². The Hall–Kier alpha value is -1.81. The molecule has 0 aliphatic rings. The van der Waals surface area contributed by atoms with E-state index in [1.807, 2.05) is 43.5 Å². The van der Waals surface area contributed by atoms with Crippen LogP contribution in [0.15, 0.2) is 51.6 Å². The van der Waals surface area contributed by atoms with Crippen LogP contribution >= 0.6 is 15.9 Å². The van der Waals surface area contributed by atoms with Crippen LogP contribution in [-0.2, 0) is 6.54 Å². The molecule has 0 aliphatic carbocycles. The lowest BCUT2D eigenvalue weighted by Gasteiger charge is -2.05. The van der Waals surface area contributed by atoms with Crippen LogP contribution in [0.5, 0.6) is 0 Å². The molecule has 1 aromatic carbocycles. The van der Waals surface area contributed by atoms with E-state index in [2.05, 4.69) is 32.3 Å². The van der Waals surface area contributed by atoms with Crippen LogP contribution in [0.3, 0.4) is 0 Å². The minimum absolute atomic E-state index is 0.728. The van der Waals surface area contributed by atoms with Crippen molar-refractivity contribution in [2.45, 2.75) is 13.5 Å². The van der Waals surface area contributed by atoms with Gasteiger partial charge in [0, 0.05) is 17.5 Å². The number of benzene rings is 1. The molecule has 0 spiro atoms. The summed E-state index contributed by atoms with van der Waals surface area (Å²) in [6, 6.07) is 12.0. The largest absolute Gasteiger partial charge is 0.461 e. The molecular weight excluding hydrogens is 304 g/mol. The Kier molecular flexibility index (Phi) is 3.25. The predicted octanol–water partition coefficient (Wildman–Crippen LogP) is 4.51. The number of furan rings is 1. The van der Waals surface area contributed by atoms with Gasteiger partial charge in [-0.05, 0) is 41.1 Å². The Bertz CT molecular complexity index is 704. The van der Waals surface area contributed by atoms with E-state index in [0.717, 1.165) is 33.6 Å². The first-order valence-corrected chi connectivity index (χ1v) is 6.86. The van der Waals surface area contributed by atoms with Gasteiger partial charge < -0.3 is 9.73 Å². The van der Waals surface area contributed by atoms with Crippen molar-refractivity contribution >= 4 is 32.6 Å². The van der Waals surface area contributed by atoms with Gasteiger partial charge >= 0.3 is 0 Å². The third-order valence-corrected chi connectivity index (χ3v) is 3.57. The average Bonchev–Trinajstić information content (AvgIpc) is 2.74. The molecule has 0 aliphatic heterocycles. The van der Waals surface area contributed by atoms with Gasteiger partial charge in [-0.15, -0.1) is 0 Å². The van der Waals surface area contributed by atoms with E-state index < -0.39 is 0 Å². The molecule has 0 amide bonds. The highest BCUT2D eigenvalue weighted by Gasteiger charge is 2.09. The normalized spacial score (nSPS) is 10.8. The monoisotopic (exact) mass is 316 g/mol. The third-order valence-electron chi connectivity index (χ3n) is 3.10. The molecule has 3 nitrogen and oxygen atoms in total. The van der Waals surface area contributed by atoms with Gasteiger partial charge in [-0.2, -0.15) is 0 Å². The highest BCUT2D eigenvalue weighted by molar-refractivity contribution is 9.10. The molecule has 96 valence electrons. The summed E-state index contributed by atoms with van der Waals surface area (Å²) < 4.78 is 6.58. The van der Waals surface area contributed by atoms with Crippen LogP contribution in [0.2, 0.25) is 0 Å². The van der Waals surface area contributed by atoms with Crippen molar-refractivity contribution in [3.63, 3.8) is 0 Å². The molecule has 0 atom stereocenters. The van der Waals surface area contributed by atoms with E-state index in [9.17, 15) is 0 Å². The van der Waals surface area contributed by atoms with Crippen molar-refractivity contribution in [1.82, 2.24) is 4.98 Å². The fraction of sp³-hybridized carbons (Fsp3) is 0.133. The van der Waals surface area contributed by atoms with Gasteiger partial charge in [0.1, 0.15) is 15.9 Å². The zero-order chi connectivity index (χ0) is 13.2. The summed E-state index contributed by atoms with van der Waals surface area (Å²) in [5, 5.41) is 4.53. The molecule has 4 heteroatoms. The van der Waals surface area contributed by atoms with Crippen LogP contribution in [-0.4, -0.2) is 4.98 Å². The van der Waals surface area contributed by atoms with Crippen LogP contribution in [0, 0.1) is 6.92 Å². The van der Waals surface area contributed by atoms with E-state index in [1.165, 1.54) is 5.56 Å². The Balaban J connectivity index is 1.85. The molecule has 0 unspecified atom stereocenters. The van der Waals surface area contributed by atoms with Crippen LogP contribution < -0.4 is 5.32 Å². The molecule has 0 radical (unpaired) electrons. The molecule has 0 saturated carbocycles. The van der Waals surface area contributed by atoms with E-state index >= 15 is 0 Å². The molecular formula is C15H13BrN2O. The number of aryl methyl sites for hydroxylation is 1. The van der Waals surface area contributed by atoms with Crippen molar-refractivity contribution < 1.29 is 4.42 Å². The lowest BCUT2D eigenvalue weighted by molar-refractivity contribution is 0.573. The molecule has 3 aromatic rings. The molecule has 0 fully saturated rings. The number of halogens is 1. The lowest BCUT2D eigenvalue weighted by Crippen LogP contribution is -2.00. The van der Waals surface area contributed by atoms with Crippen LogP contribution in [0.25, 0.3) is 11.0 Å². The van der Waals surface area contributed by atoms with Crippen molar-refractivity contribution in [2.75, 3.05) is 5.32 Å². The second-order valence-corrected chi connectivity index (χ2v) is 5.17. The minimum Gasteiger partial charge on any atom is -0.461 e. The van der Waals surface area contributed by atoms with Gasteiger partial charge in [0.2, 0.25) is 0 Å². The van der Waals surface area contributed by atoms with Gasteiger partial charge in [0.15, 0.2) is 0 Å². The van der Waals surface area contributed by atoms with Gasteiger partial charge in [0.25, 0.3) is 0 Å². The second kappa shape index (κ2) is 5.05. The maximum Gasteiger partial charge on any atom is 0.134 e. The van der Waals surface area contributed by atoms with Crippen molar-refractivity contribution in [3.8, 4) is 0 Å². The van der Waals surface area contributed by atoms with Crippen molar-refractivity contribution in [2.24, 2.45) is 0 Å². The maximum atomic E-state index is 5.74. The Morgan fingerprint density at radius 3 is 2.84 bits per heavy atom. The van der Waals surface area contributed by atoms with E-state index in [1.54, 1.807) is 0 Å². The molecule has 2 aromatic heterocycles. The Morgan fingerprint density at radius 1 is 1.21 bits per heavy atom. The fourth-order valence-corrected chi connectivity index (χ4v) is 2.35. The number of para-hydroxylation sites is 1. The number of fused-ring (bicyclic) bond motifs is 1. The summed E-state index contributed by atoms with van der Waals surface area (Å²) in [5.74, 6) is 0.957. The summed E-state index contributed by atoms with van der Waals surface area (Å²) in [6.45, 7) is 2.73. The molecule has 0 saturated heterocycles. The number of anilines is 1. The van der Waals surface area contributed by atoms with Gasteiger partial charge in [-0.25, -0.2) is 4.98 Å². The quantitative estimate of drug-likeness (QED) is 0.722. The third kappa shape index (κ3) is 2.49. The number of aromatic nitrogens is 1. The van der Waals surface area contributed by atoms with E-state index in [4.69, 9.17) is 4.42 Å². The lowest BCUT2D eigenvalue weighted by atomic mass is 10.1. The van der Waals surface area contributed by atoms with Gasteiger partial charge in [-0.3, -0.25) is 0 Å². The molecule has 2 heterocycles. The highest BCUT2D eigenvalue weighted by atomic mass is 79.9. The Morgan fingerprint density at radius 2 is 2.05 bits per heavy atom. The standard InChI is InChI=1S/C15H13BrN2O/c1-10-13(12-4-2-3-5-14(12)19-10)9-17-11-6-7-15(16)18-8-11/h2-8,17H,9H2,1H3. The summed E-state index contributed by atoms with van der Waals surface area (Å²) in [5.41, 5.74) is 3.12. The fourth-order valence-electron chi connectivity index (χ4n) is 2.11. The average molecular weight is 317 g/mol. The first-order chi connectivity index (χ1) is 9.24. The molecule has 1 N–H and O–H groups in total. The molecule has 3 rings (SSSR count). The molecule has 19 heavy (non-hydrogen) atoms. The maximum absolute atomic E-state index is 5.74. The zero-order valence-electron chi connectivity index (χ0n) is 10.5. The van der Waals surface area contributed by atoms with E-state index in [0.29, 0.717) is 0 Å². The van der Waals surface area contributed by atoms with Gasteiger partial charge in [0.05, 0.1) is 11.9 Å². The smallest absolute Gasteiger partial charge is 0.134 e. The number of nitrogens with one attached hydrogen (secondary N) is 1. The summed E-state index contributed by atoms with van der Waals surface area (Å²) in [6.07, 6.45) is 1.81. The minimum atomic E-state index is 0.728. The van der Waals surface area contributed by atoms with Crippen molar-refractivity contribution in [1.29, 1.82) is 0 Å². The first kappa shape index (κ1) is 12.2. The number of hydrogen-bond acceptors (Lipinski definition) is 3. The summed E-state index contributed by atoms with van der Waals surface area (Å²) in [7, 11) is 0. The molecule has 0 bridgehead atoms. The number of hydrogen-bond donors (Lipinski definition) is 1. The van der Waals surface area contributed by atoms with Crippen LogP contribution in [0.4, 0.5) is 5.69 Å². The number of pyridine rings is 1. The summed E-state index contributed by atoms with van der Waals surface area (Å²) in [4.78, 5) is 4.19. The van der Waals surface area contributed by atoms with E-state index in [-0.39, 0.29) is 0 Å². The topological polar surface area (TPSA) is 38.1 Å². The highest BCUT2D eigenvalue weighted by Crippen LogP contribution is 2.26. The summed E-state index contributed by atoms with van der Waals surface area (Å²) >= 11 is 3.33. The zero-order valence-corrected chi connectivity index (χ0v) is 12.1. The SMILES string of the molecule is Cc1oc2ccccc2c1CNc1ccc(Br)nc1. The second-order valence-electron chi connectivity index (χ2n) is 4.36. The predicted molar refractivity (Wildman–Crippen MR) is 80.2 cm³/mol. The van der Waals surface area contributed by atoms with Gasteiger partial charge in [-0.1, -0.05) is 18.2 Å².